The minimum atomic E-state index is -3.21. The third kappa shape index (κ3) is 4.87. The minimum absolute atomic E-state index is 0.0440. The molecule has 2 amide bonds. The largest absolute Gasteiger partial charge is 0.339 e. The van der Waals surface area contributed by atoms with Crippen LogP contribution in [0.3, 0.4) is 0 Å². The van der Waals surface area contributed by atoms with Gasteiger partial charge in [0, 0.05) is 32.1 Å². The summed E-state index contributed by atoms with van der Waals surface area (Å²) in [5.74, 6) is -0.444. The Balaban J connectivity index is 1.66. The predicted molar refractivity (Wildman–Crippen MR) is 104 cm³/mol. The van der Waals surface area contributed by atoms with Gasteiger partial charge in [-0.05, 0) is 44.2 Å². The van der Waals surface area contributed by atoms with E-state index < -0.39 is 10.0 Å². The number of anilines is 1. The third-order valence-electron chi connectivity index (χ3n) is 5.35. The highest BCUT2D eigenvalue weighted by Crippen LogP contribution is 2.24. The molecule has 2 saturated heterocycles. The monoisotopic (exact) mass is 393 g/mol. The molecule has 0 spiro atoms. The SMILES string of the molecule is CS(=O)(=O)N1CCC(C(=O)Nc2ccccc2C(=O)N2CCCCC2)CC1. The molecule has 1 aromatic carbocycles. The van der Waals surface area contributed by atoms with Crippen LogP contribution in [0.2, 0.25) is 0 Å². The van der Waals surface area contributed by atoms with Crippen molar-refractivity contribution in [1.82, 2.24) is 9.21 Å². The number of carbonyl (C=O) groups excluding carboxylic acids is 2. The summed E-state index contributed by atoms with van der Waals surface area (Å²) in [6, 6.07) is 7.10. The van der Waals surface area contributed by atoms with Crippen LogP contribution in [0, 0.1) is 5.92 Å². The van der Waals surface area contributed by atoms with Gasteiger partial charge in [0.1, 0.15) is 0 Å². The highest BCUT2D eigenvalue weighted by molar-refractivity contribution is 7.88. The van der Waals surface area contributed by atoms with E-state index in [1.54, 1.807) is 24.3 Å². The summed E-state index contributed by atoms with van der Waals surface area (Å²) in [5.41, 5.74) is 1.05. The van der Waals surface area contributed by atoms with Gasteiger partial charge in [0.2, 0.25) is 15.9 Å². The second-order valence-corrected chi connectivity index (χ2v) is 9.31. The first-order valence-corrected chi connectivity index (χ1v) is 11.4. The first kappa shape index (κ1) is 19.8. The average molecular weight is 394 g/mol. The summed E-state index contributed by atoms with van der Waals surface area (Å²) < 4.78 is 24.6. The van der Waals surface area contributed by atoms with Gasteiger partial charge in [0.05, 0.1) is 17.5 Å². The van der Waals surface area contributed by atoms with Gasteiger partial charge in [0.15, 0.2) is 0 Å². The van der Waals surface area contributed by atoms with Gasteiger partial charge in [-0.25, -0.2) is 12.7 Å². The normalized spacial score (nSPS) is 19.7. The Kier molecular flexibility index (Phi) is 6.16. The number of likely N-dealkylation sites (tertiary alicyclic amines) is 1. The number of rotatable bonds is 4. The van der Waals surface area contributed by atoms with Gasteiger partial charge >= 0.3 is 0 Å². The Labute approximate surface area is 160 Å². The smallest absolute Gasteiger partial charge is 0.255 e. The molecule has 2 aliphatic rings. The number of benzene rings is 1. The first-order chi connectivity index (χ1) is 12.9. The number of amides is 2. The standard InChI is InChI=1S/C19H27N3O4S/c1-27(25,26)22-13-9-15(10-14-22)18(23)20-17-8-4-3-7-16(17)19(24)21-11-5-2-6-12-21/h3-4,7-8,15H,2,5-6,9-14H2,1H3,(H,20,23). The van der Waals surface area contributed by atoms with E-state index in [4.69, 9.17) is 0 Å². The number of nitrogens with zero attached hydrogens (tertiary/aromatic N) is 2. The summed E-state index contributed by atoms with van der Waals surface area (Å²) >= 11 is 0. The molecule has 2 heterocycles. The number of nitrogens with one attached hydrogen (secondary N) is 1. The number of hydrogen-bond acceptors (Lipinski definition) is 4. The van der Waals surface area contributed by atoms with Crippen LogP contribution in [0.15, 0.2) is 24.3 Å². The summed E-state index contributed by atoms with van der Waals surface area (Å²) in [7, 11) is -3.21. The highest BCUT2D eigenvalue weighted by atomic mass is 32.2. The second kappa shape index (κ2) is 8.39. The molecule has 0 saturated carbocycles. The van der Waals surface area contributed by atoms with Crippen molar-refractivity contribution in [2.45, 2.75) is 32.1 Å². The summed E-state index contributed by atoms with van der Waals surface area (Å²) in [6.45, 7) is 2.21. The van der Waals surface area contributed by atoms with E-state index in [9.17, 15) is 18.0 Å². The predicted octanol–water partition coefficient (Wildman–Crippen LogP) is 1.92. The quantitative estimate of drug-likeness (QED) is 0.847. The van der Waals surface area contributed by atoms with E-state index in [1.165, 1.54) is 10.6 Å². The molecule has 148 valence electrons. The third-order valence-corrected chi connectivity index (χ3v) is 6.66. The molecule has 8 heteroatoms. The average Bonchev–Trinajstić information content (AvgIpc) is 2.68. The molecular formula is C19H27N3O4S. The second-order valence-electron chi connectivity index (χ2n) is 7.32. The summed E-state index contributed by atoms with van der Waals surface area (Å²) in [6.07, 6.45) is 5.34. The maximum absolute atomic E-state index is 12.8. The van der Waals surface area contributed by atoms with Crippen molar-refractivity contribution < 1.29 is 18.0 Å². The molecule has 3 rings (SSSR count). The van der Waals surface area contributed by atoms with Crippen molar-refractivity contribution in [3.8, 4) is 0 Å². The fourth-order valence-electron chi connectivity index (χ4n) is 3.73. The molecule has 27 heavy (non-hydrogen) atoms. The van der Waals surface area contributed by atoms with Crippen molar-refractivity contribution >= 4 is 27.5 Å². The van der Waals surface area contributed by atoms with Gasteiger partial charge in [-0.2, -0.15) is 0 Å². The van der Waals surface area contributed by atoms with E-state index in [-0.39, 0.29) is 17.7 Å². The zero-order chi connectivity index (χ0) is 19.4. The van der Waals surface area contributed by atoms with Gasteiger partial charge in [0.25, 0.3) is 5.91 Å². The van der Waals surface area contributed by atoms with Crippen LogP contribution >= 0.6 is 0 Å². The fourth-order valence-corrected chi connectivity index (χ4v) is 4.60. The number of sulfonamides is 1. The van der Waals surface area contributed by atoms with Gasteiger partial charge in [-0.3, -0.25) is 9.59 Å². The zero-order valence-corrected chi connectivity index (χ0v) is 16.5. The van der Waals surface area contributed by atoms with Crippen molar-refractivity contribution in [2.24, 2.45) is 5.92 Å². The number of piperidine rings is 2. The van der Waals surface area contributed by atoms with Gasteiger partial charge < -0.3 is 10.2 Å². The Morgan fingerprint density at radius 2 is 1.63 bits per heavy atom. The van der Waals surface area contributed by atoms with Gasteiger partial charge in [-0.15, -0.1) is 0 Å². The topological polar surface area (TPSA) is 86.8 Å². The van der Waals surface area contributed by atoms with Crippen molar-refractivity contribution in [3.63, 3.8) is 0 Å². The van der Waals surface area contributed by atoms with E-state index in [1.807, 2.05) is 4.90 Å². The van der Waals surface area contributed by atoms with E-state index in [0.717, 1.165) is 32.4 Å². The minimum Gasteiger partial charge on any atom is -0.339 e. The molecule has 0 bridgehead atoms. The first-order valence-electron chi connectivity index (χ1n) is 9.50. The molecule has 0 unspecified atom stereocenters. The maximum Gasteiger partial charge on any atom is 0.255 e. The molecule has 0 atom stereocenters. The van der Waals surface area contributed by atoms with Crippen molar-refractivity contribution in [2.75, 3.05) is 37.8 Å². The van der Waals surface area contributed by atoms with E-state index in [0.29, 0.717) is 37.2 Å². The lowest BCUT2D eigenvalue weighted by molar-refractivity contribution is -0.120. The van der Waals surface area contributed by atoms with Crippen LogP contribution in [0.5, 0.6) is 0 Å². The van der Waals surface area contributed by atoms with Crippen LogP contribution in [-0.2, 0) is 14.8 Å². The fraction of sp³-hybridized carbons (Fsp3) is 0.579. The molecule has 0 aliphatic carbocycles. The lowest BCUT2D eigenvalue weighted by Gasteiger charge is -2.30. The van der Waals surface area contributed by atoms with Crippen LogP contribution in [0.25, 0.3) is 0 Å². The Morgan fingerprint density at radius 3 is 2.26 bits per heavy atom. The summed E-state index contributed by atoms with van der Waals surface area (Å²) in [5, 5.41) is 2.90. The number of para-hydroxylation sites is 1. The Bertz CT molecular complexity index is 795. The zero-order valence-electron chi connectivity index (χ0n) is 15.7. The maximum atomic E-state index is 12.8. The molecule has 7 nitrogen and oxygen atoms in total. The molecule has 2 aliphatic heterocycles. The molecule has 0 radical (unpaired) electrons. The summed E-state index contributed by atoms with van der Waals surface area (Å²) in [4.78, 5) is 27.4. The molecule has 1 N–H and O–H groups in total. The lowest BCUT2D eigenvalue weighted by Crippen LogP contribution is -2.41. The molecular weight excluding hydrogens is 366 g/mol. The molecule has 2 fully saturated rings. The van der Waals surface area contributed by atoms with E-state index >= 15 is 0 Å². The van der Waals surface area contributed by atoms with Crippen molar-refractivity contribution in [3.05, 3.63) is 29.8 Å². The van der Waals surface area contributed by atoms with Crippen LogP contribution in [-0.4, -0.2) is 61.9 Å². The molecule has 1 aromatic rings. The van der Waals surface area contributed by atoms with Gasteiger partial charge in [-0.1, -0.05) is 12.1 Å². The number of hydrogen-bond donors (Lipinski definition) is 1. The highest BCUT2D eigenvalue weighted by Gasteiger charge is 2.29. The lowest BCUT2D eigenvalue weighted by atomic mass is 9.97. The van der Waals surface area contributed by atoms with Crippen molar-refractivity contribution in [1.29, 1.82) is 0 Å². The van der Waals surface area contributed by atoms with Crippen LogP contribution in [0.4, 0.5) is 5.69 Å². The number of carbonyl (C=O) groups is 2. The Hall–Kier alpha value is -1.93. The molecule has 0 aromatic heterocycles. The van der Waals surface area contributed by atoms with E-state index in [2.05, 4.69) is 5.32 Å². The van der Waals surface area contributed by atoms with Crippen LogP contribution < -0.4 is 5.32 Å². The Morgan fingerprint density at radius 1 is 1.00 bits per heavy atom. The van der Waals surface area contributed by atoms with Crippen LogP contribution in [0.1, 0.15) is 42.5 Å².